The predicted octanol–water partition coefficient (Wildman–Crippen LogP) is 4.69. The second-order valence-electron chi connectivity index (χ2n) is 10.0. The Bertz CT molecular complexity index is 1520. The number of halogens is 2. The van der Waals surface area contributed by atoms with Crippen molar-refractivity contribution in [2.24, 2.45) is 5.92 Å². The number of aromatic nitrogens is 1. The van der Waals surface area contributed by atoms with Gasteiger partial charge in [-0.3, -0.25) is 14.6 Å². The van der Waals surface area contributed by atoms with Crippen molar-refractivity contribution in [1.29, 1.82) is 0 Å². The van der Waals surface area contributed by atoms with Crippen molar-refractivity contribution in [3.05, 3.63) is 81.6 Å². The number of aliphatic carboxylic acids is 1. The number of hydrogen-bond acceptors (Lipinski definition) is 7. The van der Waals surface area contributed by atoms with Crippen molar-refractivity contribution in [3.8, 4) is 11.5 Å². The molecule has 3 aromatic rings. The van der Waals surface area contributed by atoms with Gasteiger partial charge in [-0.15, -0.1) is 0 Å². The smallest absolute Gasteiger partial charge is 0.322 e. The largest absolute Gasteiger partial charge is 0.493 e. The molecule has 232 valence electrons. The second kappa shape index (κ2) is 15.3. The number of carbonyl (C=O) groups is 2. The Morgan fingerprint density at radius 3 is 2.14 bits per heavy atom. The fourth-order valence-corrected chi connectivity index (χ4v) is 6.28. The van der Waals surface area contributed by atoms with Gasteiger partial charge >= 0.3 is 5.97 Å². The van der Waals surface area contributed by atoms with Crippen LogP contribution in [0.4, 0.5) is 5.69 Å². The van der Waals surface area contributed by atoms with E-state index >= 15 is 0 Å². The molecule has 0 saturated carbocycles. The molecule has 0 aliphatic rings. The van der Waals surface area contributed by atoms with E-state index in [4.69, 9.17) is 32.7 Å². The maximum atomic E-state index is 13.4. The van der Waals surface area contributed by atoms with E-state index in [0.717, 1.165) is 5.56 Å². The molecular formula is C29H34Cl2N4O7S. The highest BCUT2D eigenvalue weighted by Crippen LogP contribution is 2.28. The minimum atomic E-state index is -4.18. The predicted molar refractivity (Wildman–Crippen MR) is 165 cm³/mol. The molecule has 0 saturated heterocycles. The molecule has 0 fully saturated rings. The van der Waals surface area contributed by atoms with Crippen LogP contribution in [0, 0.1) is 5.92 Å². The lowest BCUT2D eigenvalue weighted by molar-refractivity contribution is -0.138. The zero-order valence-corrected chi connectivity index (χ0v) is 26.5. The monoisotopic (exact) mass is 652 g/mol. The Morgan fingerprint density at radius 1 is 0.977 bits per heavy atom. The van der Waals surface area contributed by atoms with E-state index in [-0.39, 0.29) is 41.0 Å². The topological polar surface area (TPSA) is 147 Å². The molecule has 0 radical (unpaired) electrons. The molecular weight excluding hydrogens is 619 g/mol. The van der Waals surface area contributed by atoms with Crippen LogP contribution in [-0.2, 0) is 27.8 Å². The number of hydrogen-bond donors (Lipinski definition) is 3. The highest BCUT2D eigenvalue weighted by atomic mass is 35.5. The number of methoxy groups -OCH3 is 2. The minimum Gasteiger partial charge on any atom is -0.493 e. The number of ether oxygens (including phenoxy) is 2. The summed E-state index contributed by atoms with van der Waals surface area (Å²) in [4.78, 5) is 28.6. The average molecular weight is 654 g/mol. The molecule has 0 unspecified atom stereocenters. The molecule has 0 aliphatic carbocycles. The van der Waals surface area contributed by atoms with Crippen LogP contribution in [0.3, 0.4) is 0 Å². The van der Waals surface area contributed by atoms with E-state index < -0.39 is 28.1 Å². The summed E-state index contributed by atoms with van der Waals surface area (Å²) >= 11 is 12.1. The Kier molecular flexibility index (Phi) is 12.2. The van der Waals surface area contributed by atoms with Gasteiger partial charge in [0, 0.05) is 31.2 Å². The van der Waals surface area contributed by atoms with Gasteiger partial charge in [0.15, 0.2) is 11.5 Å². The Balaban J connectivity index is 1.71. The van der Waals surface area contributed by atoms with Crippen LogP contribution in [0.15, 0.2) is 54.9 Å². The van der Waals surface area contributed by atoms with E-state index in [0.29, 0.717) is 29.2 Å². The number of carboxylic acid groups (broad SMARTS) is 1. The number of rotatable bonds is 15. The fourth-order valence-electron chi connectivity index (χ4n) is 4.22. The van der Waals surface area contributed by atoms with Crippen molar-refractivity contribution < 1.29 is 32.6 Å². The summed E-state index contributed by atoms with van der Waals surface area (Å²) in [6.45, 7) is 4.07. The lowest BCUT2D eigenvalue weighted by Crippen LogP contribution is -2.50. The third-order valence-corrected chi connectivity index (χ3v) is 8.49. The van der Waals surface area contributed by atoms with Crippen molar-refractivity contribution >= 4 is 51.0 Å². The average Bonchev–Trinajstić information content (AvgIpc) is 2.95. The third kappa shape index (κ3) is 9.54. The molecule has 1 amide bonds. The van der Waals surface area contributed by atoms with Crippen LogP contribution in [0.5, 0.6) is 11.5 Å². The molecule has 3 N–H and O–H groups in total. The van der Waals surface area contributed by atoms with Crippen LogP contribution in [0.2, 0.25) is 10.0 Å². The van der Waals surface area contributed by atoms with E-state index in [1.807, 2.05) is 19.9 Å². The molecule has 1 heterocycles. The lowest BCUT2D eigenvalue weighted by atomic mass is 10.1. The Morgan fingerprint density at radius 2 is 1.58 bits per heavy atom. The van der Waals surface area contributed by atoms with Gasteiger partial charge in [0.25, 0.3) is 16.1 Å². The van der Waals surface area contributed by atoms with Crippen molar-refractivity contribution in [3.63, 3.8) is 0 Å². The van der Waals surface area contributed by atoms with Crippen LogP contribution in [-0.4, -0.2) is 68.0 Å². The van der Waals surface area contributed by atoms with Gasteiger partial charge in [0.1, 0.15) is 6.04 Å². The van der Waals surface area contributed by atoms with Gasteiger partial charge in [-0.25, -0.2) is 0 Å². The van der Waals surface area contributed by atoms with E-state index in [1.54, 1.807) is 36.4 Å². The van der Waals surface area contributed by atoms with E-state index in [2.05, 4.69) is 15.0 Å². The molecule has 2 aromatic carbocycles. The number of nitrogens with one attached hydrogen (secondary N) is 2. The van der Waals surface area contributed by atoms with Gasteiger partial charge in [-0.2, -0.15) is 17.4 Å². The number of carboxylic acids is 1. The molecule has 1 atom stereocenters. The zero-order valence-electron chi connectivity index (χ0n) is 24.1. The molecule has 11 nitrogen and oxygen atoms in total. The molecule has 0 aliphatic heterocycles. The lowest BCUT2D eigenvalue weighted by Gasteiger charge is -2.26. The summed E-state index contributed by atoms with van der Waals surface area (Å²) in [6, 6.07) is 10.2. The maximum Gasteiger partial charge on any atom is 0.322 e. The molecule has 3 rings (SSSR count). The van der Waals surface area contributed by atoms with Gasteiger partial charge < -0.3 is 19.9 Å². The SMILES string of the molecule is COc1ccc(CCN(CC(C)C)S(=O)(=O)N[C@@H](Cc2ccc(NC(=O)c3c(Cl)cncc3Cl)cc2)C(=O)O)cc1OC. The molecule has 0 spiro atoms. The van der Waals surface area contributed by atoms with Crippen LogP contribution < -0.4 is 19.5 Å². The number of nitrogens with zero attached hydrogens (tertiary/aromatic N) is 2. The van der Waals surface area contributed by atoms with Gasteiger partial charge in [-0.1, -0.05) is 55.2 Å². The first-order chi connectivity index (χ1) is 20.3. The molecule has 0 bridgehead atoms. The Hall–Kier alpha value is -3.42. The van der Waals surface area contributed by atoms with Crippen LogP contribution >= 0.6 is 23.2 Å². The quantitative estimate of drug-likeness (QED) is 0.214. The number of pyridine rings is 1. The first-order valence-electron chi connectivity index (χ1n) is 13.2. The highest BCUT2D eigenvalue weighted by Gasteiger charge is 2.30. The summed E-state index contributed by atoms with van der Waals surface area (Å²) in [7, 11) is -1.13. The van der Waals surface area contributed by atoms with Crippen molar-refractivity contribution in [2.45, 2.75) is 32.7 Å². The van der Waals surface area contributed by atoms with Crippen molar-refractivity contribution in [2.75, 3.05) is 32.6 Å². The van der Waals surface area contributed by atoms with Crippen LogP contribution in [0.1, 0.15) is 35.3 Å². The maximum absolute atomic E-state index is 13.4. The standard InChI is InChI=1S/C29H34Cl2N4O7S/c1-18(2)17-35(12-11-20-7-10-25(41-3)26(14-20)42-4)43(39,40)34-24(29(37)38)13-19-5-8-21(9-6-19)33-28(36)27-22(30)15-32-16-23(27)31/h5-10,14-16,18,24,34H,11-13,17H2,1-4H3,(H,33,36)(H,37,38)/t24-/m0/s1. The first-order valence-corrected chi connectivity index (χ1v) is 15.4. The molecule has 43 heavy (non-hydrogen) atoms. The van der Waals surface area contributed by atoms with E-state index in [9.17, 15) is 23.1 Å². The molecule has 1 aromatic heterocycles. The number of anilines is 1. The summed E-state index contributed by atoms with van der Waals surface area (Å²) in [5.74, 6) is -0.795. The van der Waals surface area contributed by atoms with Crippen molar-refractivity contribution in [1.82, 2.24) is 14.0 Å². The summed E-state index contributed by atoms with van der Waals surface area (Å²) in [5, 5.41) is 12.7. The summed E-state index contributed by atoms with van der Waals surface area (Å²) in [6.07, 6.45) is 2.85. The normalized spacial score (nSPS) is 12.3. The zero-order chi connectivity index (χ0) is 31.7. The second-order valence-corrected chi connectivity index (χ2v) is 12.6. The number of carbonyl (C=O) groups excluding carboxylic acids is 1. The fraction of sp³-hybridized carbons (Fsp3) is 0.345. The first kappa shape index (κ1) is 34.1. The third-order valence-electron chi connectivity index (χ3n) is 6.33. The van der Waals surface area contributed by atoms with E-state index in [1.165, 1.54) is 30.9 Å². The van der Waals surface area contributed by atoms with Gasteiger partial charge in [0.2, 0.25) is 0 Å². The number of benzene rings is 2. The molecule has 14 heteroatoms. The summed E-state index contributed by atoms with van der Waals surface area (Å²) < 4.78 is 41.0. The Labute approximate surface area is 261 Å². The number of amides is 1. The van der Waals surface area contributed by atoms with Gasteiger partial charge in [-0.05, 0) is 54.2 Å². The summed E-state index contributed by atoms with van der Waals surface area (Å²) in [5.41, 5.74) is 1.84. The highest BCUT2D eigenvalue weighted by molar-refractivity contribution is 7.87. The minimum absolute atomic E-state index is 0.00933. The van der Waals surface area contributed by atoms with Gasteiger partial charge in [0.05, 0.1) is 29.8 Å². The van der Waals surface area contributed by atoms with Crippen LogP contribution in [0.25, 0.3) is 0 Å².